The summed E-state index contributed by atoms with van der Waals surface area (Å²) in [4.78, 5) is 58.6. The predicted octanol–water partition coefficient (Wildman–Crippen LogP) is 3.27. The van der Waals surface area contributed by atoms with Gasteiger partial charge in [0.2, 0.25) is 5.91 Å². The topological polar surface area (TPSA) is 162 Å². The van der Waals surface area contributed by atoms with Crippen molar-refractivity contribution in [3.8, 4) is 0 Å². The van der Waals surface area contributed by atoms with Gasteiger partial charge in [0, 0.05) is 23.9 Å². The largest absolute Gasteiger partial charge is 0.466 e. The Morgan fingerprint density at radius 3 is 2.58 bits per heavy atom. The smallest absolute Gasteiger partial charge is 0.328 e. The van der Waals surface area contributed by atoms with Crippen LogP contribution in [0, 0.1) is 5.41 Å². The van der Waals surface area contributed by atoms with Crippen LogP contribution in [0.15, 0.2) is 22.5 Å². The monoisotopic (exact) mass is 575 g/mol. The van der Waals surface area contributed by atoms with Crippen molar-refractivity contribution in [3.63, 3.8) is 0 Å². The summed E-state index contributed by atoms with van der Waals surface area (Å²) in [6.45, 7) is 9.59. The highest BCUT2D eigenvalue weighted by Gasteiger charge is 2.28. The zero-order valence-corrected chi connectivity index (χ0v) is 24.2. The Morgan fingerprint density at radius 2 is 1.90 bits per heavy atom. The van der Waals surface area contributed by atoms with Gasteiger partial charge in [-0.2, -0.15) is 0 Å². The van der Waals surface area contributed by atoms with E-state index in [2.05, 4.69) is 20.6 Å². The number of hydrogen-bond donors (Lipinski definition) is 4. The van der Waals surface area contributed by atoms with Gasteiger partial charge in [0.05, 0.1) is 24.4 Å². The molecule has 0 saturated carbocycles. The van der Waals surface area contributed by atoms with E-state index in [0.29, 0.717) is 35.0 Å². The molecule has 218 valence electrons. The molecule has 0 aromatic carbocycles. The number of rotatable bonds is 12. The molecular formula is C27H37N5O7S. The van der Waals surface area contributed by atoms with Crippen LogP contribution in [0.3, 0.4) is 0 Å². The summed E-state index contributed by atoms with van der Waals surface area (Å²) in [7, 11) is 0. The van der Waals surface area contributed by atoms with Gasteiger partial charge in [-0.15, -0.1) is 11.3 Å². The summed E-state index contributed by atoms with van der Waals surface area (Å²) in [5, 5.41) is 18.2. The summed E-state index contributed by atoms with van der Waals surface area (Å²) in [5.74, 6) is -0.738. The lowest BCUT2D eigenvalue weighted by Gasteiger charge is -2.28. The number of nitrogens with one attached hydrogen (secondary N) is 3. The Labute approximate surface area is 237 Å². The Kier molecular flexibility index (Phi) is 10.5. The summed E-state index contributed by atoms with van der Waals surface area (Å²) in [6.07, 6.45) is 1.13. The maximum atomic E-state index is 12.9. The van der Waals surface area contributed by atoms with Gasteiger partial charge in [-0.1, -0.05) is 20.8 Å². The van der Waals surface area contributed by atoms with Gasteiger partial charge in [0.25, 0.3) is 5.91 Å². The zero-order valence-electron chi connectivity index (χ0n) is 23.4. The number of aromatic amines is 1. The Hall–Kier alpha value is -3.71. The number of carbonyl (C=O) groups is 4. The van der Waals surface area contributed by atoms with Crippen molar-refractivity contribution in [2.75, 3.05) is 25.1 Å². The third-order valence-corrected chi connectivity index (χ3v) is 7.02. The molecule has 1 aliphatic rings. The molecule has 2 aromatic rings. The lowest BCUT2D eigenvalue weighted by molar-refractivity contribution is -0.146. The number of H-pyrrole nitrogens is 1. The molecule has 2 amide bonds. The normalized spacial score (nSPS) is 15.2. The van der Waals surface area contributed by atoms with E-state index in [0.717, 1.165) is 5.56 Å². The SMILES string of the molecule is CCOC(=O)CC[C@H](NC(=O)c1cc(CCN2C=Nc3[nH]c(NC(=O)C(C)(C)C)cc3C2O)cs1)C(=O)OCC. The number of fused-ring (bicyclic) bond motifs is 1. The molecule has 1 aliphatic heterocycles. The molecule has 13 heteroatoms. The molecule has 0 aliphatic carbocycles. The number of anilines is 1. The number of aromatic nitrogens is 1. The first-order chi connectivity index (χ1) is 18.9. The number of esters is 2. The Bertz CT molecular complexity index is 1250. The summed E-state index contributed by atoms with van der Waals surface area (Å²) in [6, 6.07) is 2.42. The molecule has 0 saturated heterocycles. The number of amides is 2. The van der Waals surface area contributed by atoms with E-state index in [1.807, 2.05) is 26.2 Å². The molecular weight excluding hydrogens is 538 g/mol. The zero-order chi connectivity index (χ0) is 29.4. The molecule has 12 nitrogen and oxygen atoms in total. The first-order valence-electron chi connectivity index (χ1n) is 13.2. The summed E-state index contributed by atoms with van der Waals surface area (Å²) < 4.78 is 9.95. The first kappa shape index (κ1) is 30.8. The van der Waals surface area contributed by atoms with Crippen LogP contribution in [0.1, 0.15) is 74.5 Å². The second-order valence-corrected chi connectivity index (χ2v) is 11.1. The van der Waals surface area contributed by atoms with Crippen molar-refractivity contribution in [2.24, 2.45) is 10.4 Å². The highest BCUT2D eigenvalue weighted by molar-refractivity contribution is 7.12. The van der Waals surface area contributed by atoms with Gasteiger partial charge in [-0.05, 0) is 49.8 Å². The number of aliphatic imine (C=N–C) groups is 1. The van der Waals surface area contributed by atoms with Crippen molar-refractivity contribution in [1.82, 2.24) is 15.2 Å². The van der Waals surface area contributed by atoms with E-state index in [4.69, 9.17) is 9.47 Å². The molecule has 0 bridgehead atoms. The van der Waals surface area contributed by atoms with Crippen molar-refractivity contribution >= 4 is 53.1 Å². The highest BCUT2D eigenvalue weighted by atomic mass is 32.1. The van der Waals surface area contributed by atoms with Crippen molar-refractivity contribution < 1.29 is 33.8 Å². The van der Waals surface area contributed by atoms with E-state index in [9.17, 15) is 24.3 Å². The molecule has 40 heavy (non-hydrogen) atoms. The fourth-order valence-corrected chi connectivity index (χ4v) is 4.64. The fourth-order valence-electron chi connectivity index (χ4n) is 3.79. The molecule has 4 N–H and O–H groups in total. The Balaban J connectivity index is 1.57. The van der Waals surface area contributed by atoms with Crippen LogP contribution in [0.25, 0.3) is 0 Å². The lowest BCUT2D eigenvalue weighted by Crippen LogP contribution is -2.42. The highest BCUT2D eigenvalue weighted by Crippen LogP contribution is 2.34. The van der Waals surface area contributed by atoms with Crippen LogP contribution in [0.2, 0.25) is 0 Å². The van der Waals surface area contributed by atoms with Crippen LogP contribution in [0.5, 0.6) is 0 Å². The quantitative estimate of drug-likeness (QED) is 0.280. The number of aliphatic hydroxyl groups is 1. The number of thiophene rings is 1. The number of nitrogens with zero attached hydrogens (tertiary/aromatic N) is 2. The minimum Gasteiger partial charge on any atom is -0.466 e. The average molecular weight is 576 g/mol. The van der Waals surface area contributed by atoms with E-state index in [1.54, 1.807) is 30.9 Å². The Morgan fingerprint density at radius 1 is 1.18 bits per heavy atom. The van der Waals surface area contributed by atoms with E-state index < -0.39 is 35.5 Å². The van der Waals surface area contributed by atoms with Gasteiger partial charge >= 0.3 is 11.9 Å². The van der Waals surface area contributed by atoms with E-state index >= 15 is 0 Å². The molecule has 0 spiro atoms. The molecule has 2 atom stereocenters. The standard InChI is InChI=1S/C27H37N5O7S/c1-6-38-21(33)9-8-18(25(36)39-7-2)29-23(34)19-12-16(14-40-19)10-11-32-15-28-22-17(24(32)35)13-20(30-22)31-26(37)27(3,4)5/h12-15,18,24,30,35H,6-11H2,1-5H3,(H,29,34)(H,31,37)/t18-,24?/m0/s1. The summed E-state index contributed by atoms with van der Waals surface area (Å²) >= 11 is 1.23. The van der Waals surface area contributed by atoms with Crippen molar-refractivity contribution in [2.45, 2.75) is 66.2 Å². The third-order valence-electron chi connectivity index (χ3n) is 6.04. The van der Waals surface area contributed by atoms with Crippen LogP contribution in [0.4, 0.5) is 11.6 Å². The minimum atomic E-state index is -0.976. The molecule has 0 fully saturated rings. The van der Waals surface area contributed by atoms with Gasteiger partial charge in [0.1, 0.15) is 17.7 Å². The van der Waals surface area contributed by atoms with Crippen LogP contribution in [-0.2, 0) is 30.3 Å². The summed E-state index contributed by atoms with van der Waals surface area (Å²) in [5.41, 5.74) is 0.843. The van der Waals surface area contributed by atoms with Crippen molar-refractivity contribution in [3.05, 3.63) is 33.5 Å². The van der Waals surface area contributed by atoms with Gasteiger partial charge < -0.3 is 35.1 Å². The second kappa shape index (κ2) is 13.6. The van der Waals surface area contributed by atoms with Crippen molar-refractivity contribution in [1.29, 1.82) is 0 Å². The van der Waals surface area contributed by atoms with Crippen LogP contribution in [-0.4, -0.2) is 70.9 Å². The maximum Gasteiger partial charge on any atom is 0.328 e. The fraction of sp³-hybridized carbons (Fsp3) is 0.519. The minimum absolute atomic E-state index is 0.0275. The maximum absolute atomic E-state index is 12.9. The van der Waals surface area contributed by atoms with Gasteiger partial charge in [0.15, 0.2) is 6.23 Å². The second-order valence-electron chi connectivity index (χ2n) is 10.2. The number of aliphatic hydroxyl groups excluding tert-OH is 1. The number of ether oxygens (including phenoxy) is 2. The first-order valence-corrected chi connectivity index (χ1v) is 14.0. The van der Waals surface area contributed by atoms with Gasteiger partial charge in [-0.3, -0.25) is 14.4 Å². The van der Waals surface area contributed by atoms with Crippen LogP contribution >= 0.6 is 11.3 Å². The molecule has 3 rings (SSSR count). The molecule has 0 radical (unpaired) electrons. The average Bonchev–Trinajstić information content (AvgIpc) is 3.53. The lowest BCUT2D eigenvalue weighted by atomic mass is 9.96. The molecule has 2 aromatic heterocycles. The predicted molar refractivity (Wildman–Crippen MR) is 150 cm³/mol. The number of hydrogen-bond acceptors (Lipinski definition) is 10. The van der Waals surface area contributed by atoms with E-state index in [-0.39, 0.29) is 32.0 Å². The third kappa shape index (κ3) is 8.15. The number of carbonyl (C=O) groups excluding carboxylic acids is 4. The van der Waals surface area contributed by atoms with E-state index in [1.165, 1.54) is 17.7 Å². The molecule has 3 heterocycles. The van der Waals surface area contributed by atoms with Gasteiger partial charge in [-0.25, -0.2) is 9.79 Å². The molecule has 1 unspecified atom stereocenters. The van der Waals surface area contributed by atoms with Crippen LogP contribution < -0.4 is 10.6 Å².